The Morgan fingerprint density at radius 1 is 1.07 bits per heavy atom. The lowest BCUT2D eigenvalue weighted by atomic mass is 10.0. The summed E-state index contributed by atoms with van der Waals surface area (Å²) in [4.78, 5) is 41.1. The fourth-order valence-corrected chi connectivity index (χ4v) is 4.06. The number of nitrogens with zero attached hydrogens (tertiary/aromatic N) is 2. The van der Waals surface area contributed by atoms with Crippen molar-refractivity contribution in [2.24, 2.45) is 5.73 Å². The largest absolute Gasteiger partial charge is 0.454 e. The van der Waals surface area contributed by atoms with E-state index in [1.165, 1.54) is 9.80 Å². The van der Waals surface area contributed by atoms with E-state index in [2.05, 4.69) is 5.32 Å². The maximum atomic E-state index is 13.3. The average Bonchev–Trinajstić information content (AvgIpc) is 3.22. The van der Waals surface area contributed by atoms with E-state index in [0.29, 0.717) is 29.3 Å². The molecule has 9 nitrogen and oxygen atoms in total. The van der Waals surface area contributed by atoms with Crippen LogP contribution in [0.4, 0.5) is 5.69 Å². The summed E-state index contributed by atoms with van der Waals surface area (Å²) in [6, 6.07) is 10.2. The molecule has 2 aromatic rings. The lowest BCUT2D eigenvalue weighted by molar-refractivity contribution is -0.134. The predicted octanol–water partition coefficient (Wildman–Crippen LogP) is 0.646. The summed E-state index contributed by atoms with van der Waals surface area (Å²) >= 11 is 0. The predicted molar refractivity (Wildman–Crippen MR) is 107 cm³/mol. The molecule has 1 fully saturated rings. The first-order chi connectivity index (χ1) is 14.5. The van der Waals surface area contributed by atoms with Gasteiger partial charge >= 0.3 is 0 Å². The second-order valence-corrected chi connectivity index (χ2v) is 7.38. The molecule has 0 saturated carbocycles. The highest BCUT2D eigenvalue weighted by atomic mass is 16.7. The Morgan fingerprint density at radius 2 is 1.83 bits per heavy atom. The molecular formula is C21H20N4O5. The Labute approximate surface area is 172 Å². The molecule has 0 spiro atoms. The van der Waals surface area contributed by atoms with Gasteiger partial charge < -0.3 is 30.3 Å². The summed E-state index contributed by atoms with van der Waals surface area (Å²) in [7, 11) is 0. The minimum atomic E-state index is -0.747. The standard InChI is InChI=1S/C21H20N4O5/c22-9-19(26)24-5-6-25-16(10-24)20(27)23-15-3-1-12(7-14(15)21(25)28)13-2-4-17-18(8-13)30-11-29-17/h1-4,7-8,16H,5-6,9-11,22H2,(H,23,27)/t16-/m0/s1. The number of ether oxygens (including phenoxy) is 2. The van der Waals surface area contributed by atoms with Crippen LogP contribution in [0.2, 0.25) is 0 Å². The molecule has 1 saturated heterocycles. The van der Waals surface area contributed by atoms with Crippen molar-refractivity contribution in [3.63, 3.8) is 0 Å². The molecule has 0 aliphatic carbocycles. The quantitative estimate of drug-likeness (QED) is 0.754. The number of nitrogens with two attached hydrogens (primary N) is 1. The number of hydrogen-bond acceptors (Lipinski definition) is 6. The van der Waals surface area contributed by atoms with Gasteiger partial charge in [-0.1, -0.05) is 12.1 Å². The minimum Gasteiger partial charge on any atom is -0.454 e. The number of benzene rings is 2. The summed E-state index contributed by atoms with van der Waals surface area (Å²) < 4.78 is 10.8. The van der Waals surface area contributed by atoms with E-state index in [0.717, 1.165) is 11.1 Å². The topological polar surface area (TPSA) is 114 Å². The number of piperazine rings is 1. The van der Waals surface area contributed by atoms with E-state index >= 15 is 0 Å². The molecule has 5 rings (SSSR count). The van der Waals surface area contributed by atoms with Gasteiger partial charge in [-0.25, -0.2) is 0 Å². The van der Waals surface area contributed by atoms with Crippen LogP contribution in [0.5, 0.6) is 11.5 Å². The van der Waals surface area contributed by atoms with E-state index < -0.39 is 6.04 Å². The van der Waals surface area contributed by atoms with Crippen molar-refractivity contribution < 1.29 is 23.9 Å². The van der Waals surface area contributed by atoms with Gasteiger partial charge in [0.1, 0.15) is 6.04 Å². The van der Waals surface area contributed by atoms with Gasteiger partial charge in [-0.2, -0.15) is 0 Å². The Kier molecular flexibility index (Phi) is 4.32. The SMILES string of the molecule is NCC(=O)N1CCN2C(=O)c3cc(-c4ccc5c(c4)OCO5)ccc3NC(=O)[C@@H]2C1. The van der Waals surface area contributed by atoms with Gasteiger partial charge in [0.05, 0.1) is 24.3 Å². The van der Waals surface area contributed by atoms with Crippen LogP contribution < -0.4 is 20.5 Å². The molecule has 0 bridgehead atoms. The number of amides is 3. The van der Waals surface area contributed by atoms with Crippen LogP contribution in [0.1, 0.15) is 10.4 Å². The number of carbonyl (C=O) groups excluding carboxylic acids is 3. The fourth-order valence-electron chi connectivity index (χ4n) is 4.06. The number of nitrogens with one attached hydrogen (secondary N) is 1. The molecule has 3 aliphatic rings. The van der Waals surface area contributed by atoms with Gasteiger partial charge in [0, 0.05) is 13.1 Å². The first-order valence-electron chi connectivity index (χ1n) is 9.69. The first kappa shape index (κ1) is 18.4. The van der Waals surface area contributed by atoms with E-state index in [9.17, 15) is 14.4 Å². The van der Waals surface area contributed by atoms with E-state index in [-0.39, 0.29) is 44.1 Å². The van der Waals surface area contributed by atoms with E-state index in [1.54, 1.807) is 12.1 Å². The number of carbonyl (C=O) groups is 3. The van der Waals surface area contributed by atoms with Crippen molar-refractivity contribution in [1.29, 1.82) is 0 Å². The number of rotatable bonds is 2. The molecule has 0 radical (unpaired) electrons. The van der Waals surface area contributed by atoms with Crippen LogP contribution in [-0.4, -0.2) is 66.5 Å². The zero-order chi connectivity index (χ0) is 20.8. The summed E-state index contributed by atoms with van der Waals surface area (Å²) in [5, 5.41) is 2.83. The van der Waals surface area contributed by atoms with Crippen molar-refractivity contribution in [2.45, 2.75) is 6.04 Å². The van der Waals surface area contributed by atoms with Gasteiger partial charge in [-0.15, -0.1) is 0 Å². The van der Waals surface area contributed by atoms with Gasteiger partial charge in [0.25, 0.3) is 5.91 Å². The molecular weight excluding hydrogens is 388 g/mol. The summed E-state index contributed by atoms with van der Waals surface area (Å²) in [5.41, 5.74) is 8.02. The van der Waals surface area contributed by atoms with Crippen LogP contribution >= 0.6 is 0 Å². The Bertz CT molecular complexity index is 1070. The first-order valence-corrected chi connectivity index (χ1v) is 9.69. The molecule has 9 heteroatoms. The van der Waals surface area contributed by atoms with Crippen LogP contribution in [0.15, 0.2) is 36.4 Å². The number of anilines is 1. The third-order valence-corrected chi connectivity index (χ3v) is 5.68. The highest BCUT2D eigenvalue weighted by Gasteiger charge is 2.40. The van der Waals surface area contributed by atoms with Crippen molar-refractivity contribution in [3.8, 4) is 22.6 Å². The molecule has 3 N–H and O–H groups in total. The van der Waals surface area contributed by atoms with Gasteiger partial charge in [0.2, 0.25) is 18.6 Å². The monoisotopic (exact) mass is 408 g/mol. The van der Waals surface area contributed by atoms with Gasteiger partial charge in [-0.3, -0.25) is 14.4 Å². The maximum absolute atomic E-state index is 13.3. The minimum absolute atomic E-state index is 0.124. The Hall–Kier alpha value is -3.59. The summed E-state index contributed by atoms with van der Waals surface area (Å²) in [5.74, 6) is 0.553. The van der Waals surface area contributed by atoms with E-state index in [4.69, 9.17) is 15.2 Å². The van der Waals surface area contributed by atoms with Gasteiger partial charge in [0.15, 0.2) is 11.5 Å². The third-order valence-electron chi connectivity index (χ3n) is 5.68. The van der Waals surface area contributed by atoms with E-state index in [1.807, 2.05) is 24.3 Å². The number of hydrogen-bond donors (Lipinski definition) is 2. The molecule has 1 atom stereocenters. The Balaban J connectivity index is 1.48. The average molecular weight is 408 g/mol. The lowest BCUT2D eigenvalue weighted by Crippen LogP contribution is -2.60. The van der Waals surface area contributed by atoms with Crippen LogP contribution in [-0.2, 0) is 9.59 Å². The zero-order valence-electron chi connectivity index (χ0n) is 16.1. The summed E-state index contributed by atoms with van der Waals surface area (Å²) in [6.07, 6.45) is 0. The van der Waals surface area contributed by atoms with Crippen LogP contribution in [0, 0.1) is 0 Å². The van der Waals surface area contributed by atoms with Crippen molar-refractivity contribution in [2.75, 3.05) is 38.3 Å². The highest BCUT2D eigenvalue weighted by molar-refractivity contribution is 6.10. The van der Waals surface area contributed by atoms with Crippen LogP contribution in [0.3, 0.4) is 0 Å². The van der Waals surface area contributed by atoms with Crippen molar-refractivity contribution >= 4 is 23.4 Å². The molecule has 30 heavy (non-hydrogen) atoms. The highest BCUT2D eigenvalue weighted by Crippen LogP contribution is 2.37. The molecule has 2 aromatic carbocycles. The van der Waals surface area contributed by atoms with Crippen molar-refractivity contribution in [3.05, 3.63) is 42.0 Å². The fraction of sp³-hybridized carbons (Fsp3) is 0.286. The van der Waals surface area contributed by atoms with Crippen LogP contribution in [0.25, 0.3) is 11.1 Å². The molecule has 3 amide bonds. The van der Waals surface area contributed by atoms with Crippen molar-refractivity contribution in [1.82, 2.24) is 9.80 Å². The second kappa shape index (κ2) is 7.03. The molecule has 154 valence electrons. The normalized spacial score (nSPS) is 19.7. The third kappa shape index (κ3) is 2.94. The lowest BCUT2D eigenvalue weighted by Gasteiger charge is -2.39. The zero-order valence-corrected chi connectivity index (χ0v) is 16.1. The smallest absolute Gasteiger partial charge is 0.256 e. The molecule has 3 aliphatic heterocycles. The molecule has 0 unspecified atom stereocenters. The van der Waals surface area contributed by atoms with Gasteiger partial charge in [-0.05, 0) is 35.4 Å². The summed E-state index contributed by atoms with van der Waals surface area (Å²) in [6.45, 7) is 0.824. The second-order valence-electron chi connectivity index (χ2n) is 7.38. The number of fused-ring (bicyclic) bond motifs is 3. The molecule has 3 heterocycles. The maximum Gasteiger partial charge on any atom is 0.256 e. The molecule has 0 aromatic heterocycles. The Morgan fingerprint density at radius 3 is 2.67 bits per heavy atom.